The summed E-state index contributed by atoms with van der Waals surface area (Å²) in [6.07, 6.45) is 6.05. The minimum Gasteiger partial charge on any atom is -0.496 e. The van der Waals surface area contributed by atoms with Crippen molar-refractivity contribution in [1.29, 1.82) is 0 Å². The molecule has 2 N–H and O–H groups in total. The third-order valence-electron chi connectivity index (χ3n) is 9.40. The third kappa shape index (κ3) is 7.26. The van der Waals surface area contributed by atoms with Crippen LogP contribution in [0, 0.1) is 13.8 Å². The number of pyridine rings is 2. The lowest BCUT2D eigenvalue weighted by molar-refractivity contribution is 0.0774. The van der Waals surface area contributed by atoms with Crippen molar-refractivity contribution in [2.24, 2.45) is 0 Å². The van der Waals surface area contributed by atoms with Crippen LogP contribution < -0.4 is 20.1 Å². The molecular formula is C38H46N4O4. The normalized spacial score (nSPS) is 16.0. The van der Waals surface area contributed by atoms with Gasteiger partial charge in [0.05, 0.1) is 25.6 Å². The van der Waals surface area contributed by atoms with E-state index in [1.54, 1.807) is 14.2 Å². The molecule has 2 aromatic heterocycles. The first-order valence-corrected chi connectivity index (χ1v) is 16.4. The lowest BCUT2D eigenvalue weighted by atomic mass is 9.91. The molecule has 0 aliphatic carbocycles. The zero-order chi connectivity index (χ0) is 31.9. The standard InChI is InChI=1S/C38H46N4O4/c1-25-32(6-5-7-34(25)35-11-10-29(38(42-35)44-4)24-41-31-15-20-46-21-16-31)33-12-17-39-37(26(33)2)27-8-9-28(36(22-27)43-3)23-40-30-13-18-45-19-14-30/h5-12,17,22,30-31,40-41H,13-16,18-21,23-24H2,1-4H3. The maximum absolute atomic E-state index is 5.84. The van der Waals surface area contributed by atoms with E-state index in [-0.39, 0.29) is 0 Å². The number of aromatic nitrogens is 2. The Labute approximate surface area is 272 Å². The fourth-order valence-electron chi connectivity index (χ4n) is 6.60. The molecule has 2 aliphatic heterocycles. The molecule has 242 valence electrons. The minimum absolute atomic E-state index is 0.462. The molecule has 2 fully saturated rings. The predicted octanol–water partition coefficient (Wildman–Crippen LogP) is 6.65. The first kappa shape index (κ1) is 32.1. The molecule has 0 atom stereocenters. The summed E-state index contributed by atoms with van der Waals surface area (Å²) in [5.41, 5.74) is 10.8. The Morgan fingerprint density at radius 2 is 1.35 bits per heavy atom. The van der Waals surface area contributed by atoms with Gasteiger partial charge in [0.15, 0.2) is 0 Å². The van der Waals surface area contributed by atoms with Crippen LogP contribution in [0.25, 0.3) is 33.6 Å². The van der Waals surface area contributed by atoms with E-state index in [1.807, 2.05) is 6.20 Å². The number of hydrogen-bond donors (Lipinski definition) is 2. The minimum atomic E-state index is 0.462. The Balaban J connectivity index is 1.24. The van der Waals surface area contributed by atoms with E-state index in [4.69, 9.17) is 28.9 Å². The highest BCUT2D eigenvalue weighted by Gasteiger charge is 2.19. The molecule has 0 amide bonds. The summed E-state index contributed by atoms with van der Waals surface area (Å²) in [5.74, 6) is 1.53. The Morgan fingerprint density at radius 1 is 0.717 bits per heavy atom. The smallest absolute Gasteiger partial charge is 0.218 e. The second-order valence-electron chi connectivity index (χ2n) is 12.2. The molecule has 0 spiro atoms. The van der Waals surface area contributed by atoms with Crippen LogP contribution in [0.5, 0.6) is 11.6 Å². The molecular weight excluding hydrogens is 576 g/mol. The van der Waals surface area contributed by atoms with Crippen molar-refractivity contribution < 1.29 is 18.9 Å². The van der Waals surface area contributed by atoms with E-state index in [9.17, 15) is 0 Å². The van der Waals surface area contributed by atoms with Crippen LogP contribution >= 0.6 is 0 Å². The molecule has 2 aliphatic rings. The number of methoxy groups -OCH3 is 2. The fraction of sp³-hybridized carbons (Fsp3) is 0.421. The van der Waals surface area contributed by atoms with E-state index in [0.29, 0.717) is 18.0 Å². The van der Waals surface area contributed by atoms with Gasteiger partial charge in [-0.15, -0.1) is 0 Å². The summed E-state index contributed by atoms with van der Waals surface area (Å²) >= 11 is 0. The van der Waals surface area contributed by atoms with Crippen molar-refractivity contribution in [3.8, 4) is 45.3 Å². The molecule has 2 aromatic carbocycles. The summed E-state index contributed by atoms with van der Waals surface area (Å²) in [6.45, 7) is 9.08. The maximum Gasteiger partial charge on any atom is 0.218 e. The average molecular weight is 623 g/mol. The Bertz CT molecular complexity index is 1510. The van der Waals surface area contributed by atoms with Gasteiger partial charge in [-0.05, 0) is 80.0 Å². The zero-order valence-corrected chi connectivity index (χ0v) is 27.5. The highest BCUT2D eigenvalue weighted by atomic mass is 16.5. The Hall–Kier alpha value is -3.82. The van der Waals surface area contributed by atoms with Crippen molar-refractivity contribution in [2.75, 3.05) is 40.6 Å². The second-order valence-corrected chi connectivity index (χ2v) is 12.2. The van der Waals surface area contributed by atoms with Crippen LogP contribution in [0.15, 0.2) is 60.8 Å². The molecule has 0 unspecified atom stereocenters. The quantitative estimate of drug-likeness (QED) is 0.192. The molecule has 8 heteroatoms. The van der Waals surface area contributed by atoms with Crippen molar-refractivity contribution >= 4 is 0 Å². The molecule has 0 saturated carbocycles. The van der Waals surface area contributed by atoms with Crippen molar-refractivity contribution in [1.82, 2.24) is 20.6 Å². The van der Waals surface area contributed by atoms with E-state index < -0.39 is 0 Å². The molecule has 0 radical (unpaired) electrons. The molecule has 46 heavy (non-hydrogen) atoms. The number of rotatable bonds is 11. The summed E-state index contributed by atoms with van der Waals surface area (Å²) < 4.78 is 22.6. The summed E-state index contributed by atoms with van der Waals surface area (Å²) in [4.78, 5) is 9.78. The number of ether oxygens (including phenoxy) is 4. The molecule has 4 heterocycles. The van der Waals surface area contributed by atoms with Crippen molar-refractivity contribution in [3.63, 3.8) is 0 Å². The van der Waals surface area contributed by atoms with Gasteiger partial charge in [0.1, 0.15) is 5.75 Å². The Morgan fingerprint density at radius 3 is 2.02 bits per heavy atom. The van der Waals surface area contributed by atoms with Crippen LogP contribution in [-0.2, 0) is 22.6 Å². The highest BCUT2D eigenvalue weighted by Crippen LogP contribution is 2.37. The number of nitrogens with one attached hydrogen (secondary N) is 2. The fourth-order valence-corrected chi connectivity index (χ4v) is 6.60. The van der Waals surface area contributed by atoms with Crippen LogP contribution in [-0.4, -0.2) is 62.7 Å². The Kier molecular flexibility index (Phi) is 10.6. The SMILES string of the molecule is COc1cc(-c2nccc(-c3cccc(-c4ccc(CNC5CCOCC5)c(OC)n4)c3C)c2C)ccc1CNC1CCOCC1. The van der Waals surface area contributed by atoms with Gasteiger partial charge in [0, 0.05) is 80.1 Å². The van der Waals surface area contributed by atoms with E-state index >= 15 is 0 Å². The first-order chi connectivity index (χ1) is 22.6. The van der Waals surface area contributed by atoms with Crippen LogP contribution in [0.4, 0.5) is 0 Å². The molecule has 2 saturated heterocycles. The molecule has 4 aromatic rings. The largest absolute Gasteiger partial charge is 0.496 e. The van der Waals surface area contributed by atoms with Gasteiger partial charge in [-0.3, -0.25) is 4.98 Å². The second kappa shape index (κ2) is 15.2. The van der Waals surface area contributed by atoms with Gasteiger partial charge in [0.25, 0.3) is 0 Å². The van der Waals surface area contributed by atoms with Gasteiger partial charge in [0.2, 0.25) is 5.88 Å². The monoisotopic (exact) mass is 622 g/mol. The zero-order valence-electron chi connectivity index (χ0n) is 27.5. The first-order valence-electron chi connectivity index (χ1n) is 16.4. The lowest BCUT2D eigenvalue weighted by Gasteiger charge is -2.23. The van der Waals surface area contributed by atoms with Crippen LogP contribution in [0.2, 0.25) is 0 Å². The van der Waals surface area contributed by atoms with E-state index in [2.05, 4.69) is 79.1 Å². The average Bonchev–Trinajstić information content (AvgIpc) is 3.11. The van der Waals surface area contributed by atoms with E-state index in [1.165, 1.54) is 0 Å². The van der Waals surface area contributed by atoms with Gasteiger partial charge < -0.3 is 29.6 Å². The van der Waals surface area contributed by atoms with E-state index in [0.717, 1.165) is 127 Å². The molecule has 0 bridgehead atoms. The van der Waals surface area contributed by atoms with Gasteiger partial charge in [-0.2, -0.15) is 0 Å². The number of nitrogens with zero attached hydrogens (tertiary/aromatic N) is 2. The van der Waals surface area contributed by atoms with Gasteiger partial charge in [-0.1, -0.05) is 36.4 Å². The number of benzene rings is 2. The van der Waals surface area contributed by atoms with Crippen LogP contribution in [0.1, 0.15) is 47.9 Å². The maximum atomic E-state index is 5.84. The van der Waals surface area contributed by atoms with Crippen molar-refractivity contribution in [2.45, 2.75) is 64.7 Å². The summed E-state index contributed by atoms with van der Waals surface area (Å²) in [7, 11) is 3.43. The van der Waals surface area contributed by atoms with Crippen LogP contribution in [0.3, 0.4) is 0 Å². The number of hydrogen-bond acceptors (Lipinski definition) is 8. The van der Waals surface area contributed by atoms with Gasteiger partial charge >= 0.3 is 0 Å². The summed E-state index contributed by atoms with van der Waals surface area (Å²) in [6, 6.07) is 20.1. The molecule has 8 nitrogen and oxygen atoms in total. The predicted molar refractivity (Wildman–Crippen MR) is 182 cm³/mol. The molecule has 6 rings (SSSR count). The van der Waals surface area contributed by atoms with Crippen molar-refractivity contribution in [3.05, 3.63) is 83.0 Å². The van der Waals surface area contributed by atoms with Gasteiger partial charge in [-0.25, -0.2) is 4.98 Å². The topological polar surface area (TPSA) is 86.8 Å². The third-order valence-corrected chi connectivity index (χ3v) is 9.40. The highest BCUT2D eigenvalue weighted by molar-refractivity contribution is 5.82. The summed E-state index contributed by atoms with van der Waals surface area (Å²) in [5, 5.41) is 7.32. The lowest BCUT2D eigenvalue weighted by Crippen LogP contribution is -2.34.